The zero-order chi connectivity index (χ0) is 38.4. The maximum Gasteiger partial charge on any atom is 0.261 e. The van der Waals surface area contributed by atoms with Crippen LogP contribution in [0.5, 0.6) is 0 Å². The van der Waals surface area contributed by atoms with E-state index >= 15 is 0 Å². The first-order valence-electron chi connectivity index (χ1n) is 18.7. The van der Waals surface area contributed by atoms with Crippen molar-refractivity contribution < 1.29 is 32.9 Å². The zero-order valence-electron chi connectivity index (χ0n) is 33.1. The first-order valence-corrected chi connectivity index (χ1v) is 22.6. The van der Waals surface area contributed by atoms with Crippen LogP contribution in [0.15, 0.2) is 121 Å². The van der Waals surface area contributed by atoms with Crippen LogP contribution in [0, 0.1) is 0 Å². The van der Waals surface area contributed by atoms with Gasteiger partial charge in [-0.25, -0.2) is 0 Å². The van der Waals surface area contributed by atoms with Crippen molar-refractivity contribution in [3.63, 3.8) is 0 Å². The molecule has 0 saturated carbocycles. The molecule has 0 fully saturated rings. The maximum atomic E-state index is 12.5. The largest absolute Gasteiger partial charge is 0.424 e. The van der Waals surface area contributed by atoms with E-state index in [-0.39, 0.29) is 28.4 Å². The van der Waals surface area contributed by atoms with Crippen molar-refractivity contribution in [1.29, 1.82) is 0 Å². The van der Waals surface area contributed by atoms with Crippen LogP contribution in [0.1, 0.15) is 47.5 Å². The minimum Gasteiger partial charge on any atom is -0.424 e. The summed E-state index contributed by atoms with van der Waals surface area (Å²) in [7, 11) is -0.705. The van der Waals surface area contributed by atoms with Gasteiger partial charge in [0, 0.05) is 21.3 Å². The SMILES string of the molecule is COC(CCC(C)(C)[Si](O)(c1ccccc1)c1ccccc1)COCC(COCC(CO[Si](c1ccccc1)(c1ccccc1)C(C)(C)C)OC)OC. The molecule has 0 aliphatic heterocycles. The fourth-order valence-electron chi connectivity index (χ4n) is 7.29. The van der Waals surface area contributed by atoms with Crippen molar-refractivity contribution in [2.24, 2.45) is 0 Å². The molecular weight excluding hydrogens is 697 g/mol. The first kappa shape index (κ1) is 42.8. The summed E-state index contributed by atoms with van der Waals surface area (Å²) in [6, 6.07) is 41.5. The van der Waals surface area contributed by atoms with Crippen LogP contribution in [0.3, 0.4) is 0 Å². The Bertz CT molecular complexity index is 1510. The Kier molecular flexibility index (Phi) is 16.2. The summed E-state index contributed by atoms with van der Waals surface area (Å²) in [6.07, 6.45) is 0.868. The van der Waals surface area contributed by atoms with E-state index in [4.69, 9.17) is 28.1 Å². The minimum atomic E-state index is -3.10. The Morgan fingerprint density at radius 1 is 0.491 bits per heavy atom. The minimum absolute atomic E-state index is 0.129. The zero-order valence-corrected chi connectivity index (χ0v) is 35.1. The lowest BCUT2D eigenvalue weighted by Crippen LogP contribution is -2.67. The monoisotopic (exact) mass is 758 g/mol. The van der Waals surface area contributed by atoms with Crippen LogP contribution in [0.4, 0.5) is 0 Å². The van der Waals surface area contributed by atoms with Gasteiger partial charge in [-0.1, -0.05) is 156 Å². The van der Waals surface area contributed by atoms with Crippen LogP contribution >= 0.6 is 0 Å². The molecule has 0 aliphatic carbocycles. The second-order valence-corrected chi connectivity index (χ2v) is 23.7. The fraction of sp³-hybridized carbons (Fsp3) is 0.455. The Labute approximate surface area is 320 Å². The first-order chi connectivity index (χ1) is 25.4. The van der Waals surface area contributed by atoms with E-state index < -0.39 is 16.6 Å². The summed E-state index contributed by atoms with van der Waals surface area (Å²) in [5.41, 5.74) is 0. The van der Waals surface area contributed by atoms with Gasteiger partial charge in [-0.2, -0.15) is 0 Å². The third-order valence-corrected chi connectivity index (χ3v) is 20.1. The van der Waals surface area contributed by atoms with E-state index in [0.717, 1.165) is 23.2 Å². The van der Waals surface area contributed by atoms with Crippen molar-refractivity contribution in [3.8, 4) is 0 Å². The molecule has 3 atom stereocenters. The molecular formula is C44H62O7Si2. The molecule has 4 aromatic carbocycles. The van der Waals surface area contributed by atoms with Crippen LogP contribution in [-0.4, -0.2) is 94.1 Å². The van der Waals surface area contributed by atoms with Crippen molar-refractivity contribution in [2.75, 3.05) is 54.4 Å². The van der Waals surface area contributed by atoms with E-state index in [9.17, 15) is 4.80 Å². The van der Waals surface area contributed by atoms with E-state index in [1.54, 1.807) is 21.3 Å². The number of ether oxygens (including phenoxy) is 5. The summed E-state index contributed by atoms with van der Waals surface area (Å²) >= 11 is 0. The van der Waals surface area contributed by atoms with Crippen molar-refractivity contribution in [3.05, 3.63) is 121 Å². The van der Waals surface area contributed by atoms with Gasteiger partial charge in [0.25, 0.3) is 16.6 Å². The van der Waals surface area contributed by atoms with Crippen LogP contribution in [0.25, 0.3) is 0 Å². The average molecular weight is 759 g/mol. The quantitative estimate of drug-likeness (QED) is 0.0994. The molecule has 0 radical (unpaired) electrons. The summed E-state index contributed by atoms with van der Waals surface area (Å²) in [5.74, 6) is 0. The third kappa shape index (κ3) is 10.6. The van der Waals surface area contributed by atoms with Crippen LogP contribution < -0.4 is 20.7 Å². The summed E-state index contributed by atoms with van der Waals surface area (Å²) < 4.78 is 36.8. The van der Waals surface area contributed by atoms with Crippen molar-refractivity contribution in [1.82, 2.24) is 0 Å². The second-order valence-electron chi connectivity index (χ2n) is 15.5. The average Bonchev–Trinajstić information content (AvgIpc) is 3.18. The van der Waals surface area contributed by atoms with E-state index in [1.807, 2.05) is 36.4 Å². The summed E-state index contributed by atoms with van der Waals surface area (Å²) in [6.45, 7) is 13.1. The van der Waals surface area contributed by atoms with Gasteiger partial charge in [-0.05, 0) is 43.7 Å². The number of methoxy groups -OCH3 is 3. The summed E-state index contributed by atoms with van der Waals surface area (Å²) in [5, 5.41) is 3.98. The molecule has 1 N–H and O–H groups in total. The van der Waals surface area contributed by atoms with E-state index in [1.165, 1.54) is 10.4 Å². The number of hydrogen-bond acceptors (Lipinski definition) is 7. The Morgan fingerprint density at radius 3 is 1.19 bits per heavy atom. The van der Waals surface area contributed by atoms with Gasteiger partial charge in [0.1, 0.15) is 12.2 Å². The van der Waals surface area contributed by atoms with E-state index in [2.05, 4.69) is 120 Å². The highest BCUT2D eigenvalue weighted by Gasteiger charge is 2.51. The molecule has 3 unspecified atom stereocenters. The van der Waals surface area contributed by atoms with Gasteiger partial charge >= 0.3 is 0 Å². The molecule has 0 spiro atoms. The van der Waals surface area contributed by atoms with Gasteiger partial charge in [-0.15, -0.1) is 0 Å². The maximum absolute atomic E-state index is 12.5. The molecule has 4 rings (SSSR count). The Morgan fingerprint density at radius 2 is 0.830 bits per heavy atom. The lowest BCUT2D eigenvalue weighted by molar-refractivity contribution is -0.0802. The van der Waals surface area contributed by atoms with Gasteiger partial charge in [0.2, 0.25) is 0 Å². The van der Waals surface area contributed by atoms with Gasteiger partial charge < -0.3 is 32.9 Å². The number of hydrogen-bond donors (Lipinski definition) is 1. The molecule has 9 heteroatoms. The standard InChI is InChI=1S/C44H62O7Si2/c1-43(2,3)53(41-25-17-11-18-26-41,42-27-19-12-20-28-42)51-35-38(48-8)34-50-33-37(47-7)32-49-31-36(46-6)29-30-44(4,5)52(45,39-21-13-9-14-22-39)40-23-15-10-16-24-40/h9-28,36-38,45H,29-35H2,1-8H3. The predicted molar refractivity (Wildman–Crippen MR) is 221 cm³/mol. The highest BCUT2D eigenvalue weighted by molar-refractivity contribution is 6.99. The Balaban J connectivity index is 1.30. The molecule has 288 valence electrons. The molecule has 0 bridgehead atoms. The number of benzene rings is 4. The fourth-order valence-corrected chi connectivity index (χ4v) is 15.6. The Hall–Kier alpha value is -2.97. The van der Waals surface area contributed by atoms with Gasteiger partial charge in [0.05, 0.1) is 39.1 Å². The molecule has 7 nitrogen and oxygen atoms in total. The van der Waals surface area contributed by atoms with Crippen LogP contribution in [-0.2, 0) is 28.1 Å². The second kappa shape index (κ2) is 20.1. The van der Waals surface area contributed by atoms with Crippen molar-refractivity contribution >= 4 is 37.4 Å². The summed E-state index contributed by atoms with van der Waals surface area (Å²) in [4.78, 5) is 12.5. The molecule has 0 aliphatic rings. The molecule has 0 amide bonds. The smallest absolute Gasteiger partial charge is 0.261 e. The van der Waals surface area contributed by atoms with Gasteiger partial charge in [0.15, 0.2) is 0 Å². The van der Waals surface area contributed by atoms with E-state index in [0.29, 0.717) is 33.0 Å². The topological polar surface area (TPSA) is 75.6 Å². The lowest BCUT2D eigenvalue weighted by atomic mass is 10.0. The predicted octanol–water partition coefficient (Wildman–Crippen LogP) is 5.95. The molecule has 0 saturated heterocycles. The third-order valence-electron chi connectivity index (χ3n) is 10.6. The lowest BCUT2D eigenvalue weighted by Gasteiger charge is -2.43. The number of rotatable bonds is 22. The highest BCUT2D eigenvalue weighted by atomic mass is 28.4. The molecule has 0 aromatic heterocycles. The normalized spacial score (nSPS) is 14.5. The molecule has 4 aromatic rings. The molecule has 0 heterocycles. The van der Waals surface area contributed by atoms with Gasteiger partial charge in [-0.3, -0.25) is 0 Å². The van der Waals surface area contributed by atoms with Crippen LogP contribution in [0.2, 0.25) is 10.1 Å². The highest BCUT2D eigenvalue weighted by Crippen LogP contribution is 2.40. The molecule has 53 heavy (non-hydrogen) atoms. The van der Waals surface area contributed by atoms with Crippen molar-refractivity contribution in [2.45, 2.75) is 75.8 Å².